The van der Waals surface area contributed by atoms with Gasteiger partial charge in [-0.3, -0.25) is 9.59 Å². The summed E-state index contributed by atoms with van der Waals surface area (Å²) >= 11 is 0. The van der Waals surface area contributed by atoms with Gasteiger partial charge in [0, 0.05) is 30.6 Å². The normalized spacial score (nSPS) is 18.1. The molecule has 0 radical (unpaired) electrons. The molecule has 0 atom stereocenters. The molecule has 3 rings (SSSR count). The maximum absolute atomic E-state index is 12.3. The maximum atomic E-state index is 12.3. The van der Waals surface area contributed by atoms with Crippen LogP contribution in [0.25, 0.3) is 0 Å². The number of anilines is 1. The van der Waals surface area contributed by atoms with Gasteiger partial charge in [-0.15, -0.1) is 0 Å². The molecular weight excluding hydrogens is 288 g/mol. The quantitative estimate of drug-likeness (QED) is 0.930. The number of rotatable bonds is 3. The van der Waals surface area contributed by atoms with E-state index in [1.165, 1.54) is 5.56 Å². The van der Waals surface area contributed by atoms with Crippen LogP contribution >= 0.6 is 0 Å². The SMILES string of the molecule is CC(C)C(=O)N1CCc2ccc(NC(=O)C3CCCC3)cc2C1. The van der Waals surface area contributed by atoms with E-state index < -0.39 is 0 Å². The molecule has 0 aromatic heterocycles. The predicted octanol–water partition coefficient (Wildman–Crippen LogP) is 3.36. The molecule has 0 unspecified atom stereocenters. The van der Waals surface area contributed by atoms with Gasteiger partial charge < -0.3 is 10.2 Å². The fourth-order valence-corrected chi connectivity index (χ4v) is 3.62. The molecule has 0 spiro atoms. The molecule has 4 nitrogen and oxygen atoms in total. The summed E-state index contributed by atoms with van der Waals surface area (Å²) in [5.41, 5.74) is 3.31. The number of hydrogen-bond acceptors (Lipinski definition) is 2. The minimum absolute atomic E-state index is 0.0294. The van der Waals surface area contributed by atoms with Crippen LogP contribution in [0.3, 0.4) is 0 Å². The molecule has 23 heavy (non-hydrogen) atoms. The van der Waals surface area contributed by atoms with Crippen molar-refractivity contribution in [2.24, 2.45) is 11.8 Å². The fourth-order valence-electron chi connectivity index (χ4n) is 3.62. The van der Waals surface area contributed by atoms with Crippen LogP contribution in [-0.4, -0.2) is 23.3 Å². The molecule has 1 heterocycles. The molecule has 1 aliphatic carbocycles. The molecule has 1 N–H and O–H groups in total. The van der Waals surface area contributed by atoms with Crippen LogP contribution < -0.4 is 5.32 Å². The molecule has 1 aromatic rings. The van der Waals surface area contributed by atoms with Crippen molar-refractivity contribution in [3.8, 4) is 0 Å². The number of carbonyl (C=O) groups excluding carboxylic acids is 2. The lowest BCUT2D eigenvalue weighted by molar-refractivity contribution is -0.135. The summed E-state index contributed by atoms with van der Waals surface area (Å²) in [7, 11) is 0. The first-order valence-corrected chi connectivity index (χ1v) is 8.76. The van der Waals surface area contributed by atoms with E-state index in [4.69, 9.17) is 0 Å². The van der Waals surface area contributed by atoms with Crippen molar-refractivity contribution < 1.29 is 9.59 Å². The van der Waals surface area contributed by atoms with Crippen molar-refractivity contribution in [2.75, 3.05) is 11.9 Å². The maximum Gasteiger partial charge on any atom is 0.227 e. The Hall–Kier alpha value is -1.84. The van der Waals surface area contributed by atoms with E-state index in [0.29, 0.717) is 6.54 Å². The first-order valence-electron chi connectivity index (χ1n) is 8.76. The van der Waals surface area contributed by atoms with E-state index in [0.717, 1.165) is 49.9 Å². The lowest BCUT2D eigenvalue weighted by Crippen LogP contribution is -2.38. The number of hydrogen-bond donors (Lipinski definition) is 1. The highest BCUT2D eigenvalue weighted by Crippen LogP contribution is 2.27. The van der Waals surface area contributed by atoms with Crippen LogP contribution in [-0.2, 0) is 22.6 Å². The van der Waals surface area contributed by atoms with Crippen molar-refractivity contribution >= 4 is 17.5 Å². The Labute approximate surface area is 138 Å². The van der Waals surface area contributed by atoms with Gasteiger partial charge in [0.25, 0.3) is 0 Å². The second-order valence-electron chi connectivity index (χ2n) is 7.12. The summed E-state index contributed by atoms with van der Waals surface area (Å²) in [5.74, 6) is 0.552. The van der Waals surface area contributed by atoms with E-state index in [-0.39, 0.29) is 23.7 Å². The molecule has 124 valence electrons. The van der Waals surface area contributed by atoms with Gasteiger partial charge in [0.05, 0.1) is 0 Å². The minimum Gasteiger partial charge on any atom is -0.338 e. The summed E-state index contributed by atoms with van der Waals surface area (Å²) < 4.78 is 0. The third-order valence-corrected chi connectivity index (χ3v) is 5.02. The Balaban J connectivity index is 1.70. The lowest BCUT2D eigenvalue weighted by atomic mass is 9.97. The van der Waals surface area contributed by atoms with Crippen LogP contribution in [0, 0.1) is 11.8 Å². The molecule has 0 saturated heterocycles. The Morgan fingerprint density at radius 2 is 1.91 bits per heavy atom. The molecule has 2 aliphatic rings. The first-order chi connectivity index (χ1) is 11.0. The number of amides is 2. The molecule has 2 amide bonds. The van der Waals surface area contributed by atoms with Gasteiger partial charge in [0.2, 0.25) is 11.8 Å². The van der Waals surface area contributed by atoms with Crippen LogP contribution in [0.1, 0.15) is 50.7 Å². The van der Waals surface area contributed by atoms with Gasteiger partial charge in [-0.1, -0.05) is 32.8 Å². The van der Waals surface area contributed by atoms with E-state index in [9.17, 15) is 9.59 Å². The Kier molecular flexibility index (Phi) is 4.69. The highest BCUT2D eigenvalue weighted by molar-refractivity contribution is 5.92. The summed E-state index contributed by atoms with van der Waals surface area (Å²) in [6, 6.07) is 6.13. The number of nitrogens with zero attached hydrogens (tertiary/aromatic N) is 1. The van der Waals surface area contributed by atoms with Crippen LogP contribution in [0.4, 0.5) is 5.69 Å². The van der Waals surface area contributed by atoms with Crippen molar-refractivity contribution in [3.05, 3.63) is 29.3 Å². The second-order valence-corrected chi connectivity index (χ2v) is 7.12. The molecule has 1 saturated carbocycles. The Morgan fingerprint density at radius 3 is 2.61 bits per heavy atom. The highest BCUT2D eigenvalue weighted by atomic mass is 16.2. The zero-order valence-electron chi connectivity index (χ0n) is 14.1. The zero-order chi connectivity index (χ0) is 16.4. The van der Waals surface area contributed by atoms with E-state index in [1.54, 1.807) is 0 Å². The third kappa shape index (κ3) is 3.57. The van der Waals surface area contributed by atoms with Crippen LogP contribution in [0.2, 0.25) is 0 Å². The first kappa shape index (κ1) is 16.0. The van der Waals surface area contributed by atoms with E-state index in [2.05, 4.69) is 11.4 Å². The van der Waals surface area contributed by atoms with Gasteiger partial charge in [-0.25, -0.2) is 0 Å². The van der Waals surface area contributed by atoms with Crippen LogP contribution in [0.5, 0.6) is 0 Å². The number of carbonyl (C=O) groups is 2. The lowest BCUT2D eigenvalue weighted by Gasteiger charge is -2.30. The van der Waals surface area contributed by atoms with Crippen LogP contribution in [0.15, 0.2) is 18.2 Å². The van der Waals surface area contributed by atoms with E-state index >= 15 is 0 Å². The average Bonchev–Trinajstić information content (AvgIpc) is 3.08. The van der Waals surface area contributed by atoms with Crippen molar-refractivity contribution in [2.45, 2.75) is 52.5 Å². The average molecular weight is 314 g/mol. The summed E-state index contributed by atoms with van der Waals surface area (Å²) in [4.78, 5) is 26.4. The molecular formula is C19H26N2O2. The monoisotopic (exact) mass is 314 g/mol. The fraction of sp³-hybridized carbons (Fsp3) is 0.579. The highest BCUT2D eigenvalue weighted by Gasteiger charge is 2.24. The second kappa shape index (κ2) is 6.73. The summed E-state index contributed by atoms with van der Waals surface area (Å²) in [6.07, 6.45) is 5.23. The predicted molar refractivity (Wildman–Crippen MR) is 91.0 cm³/mol. The zero-order valence-corrected chi connectivity index (χ0v) is 14.1. The van der Waals surface area contributed by atoms with Crippen molar-refractivity contribution in [1.29, 1.82) is 0 Å². The van der Waals surface area contributed by atoms with E-state index in [1.807, 2.05) is 30.9 Å². The molecule has 1 aliphatic heterocycles. The minimum atomic E-state index is 0.0294. The molecule has 0 bridgehead atoms. The standard InChI is InChI=1S/C19H26N2O2/c1-13(2)19(23)21-10-9-14-7-8-17(11-16(14)12-21)20-18(22)15-5-3-4-6-15/h7-8,11,13,15H,3-6,9-10,12H2,1-2H3,(H,20,22). The molecule has 1 aromatic carbocycles. The third-order valence-electron chi connectivity index (χ3n) is 5.02. The molecule has 1 fully saturated rings. The van der Waals surface area contributed by atoms with Gasteiger partial charge in [0.15, 0.2) is 0 Å². The smallest absolute Gasteiger partial charge is 0.227 e. The van der Waals surface area contributed by atoms with Gasteiger partial charge in [0.1, 0.15) is 0 Å². The number of benzene rings is 1. The number of nitrogens with one attached hydrogen (secondary N) is 1. The van der Waals surface area contributed by atoms with Gasteiger partial charge >= 0.3 is 0 Å². The van der Waals surface area contributed by atoms with Crippen molar-refractivity contribution in [3.63, 3.8) is 0 Å². The van der Waals surface area contributed by atoms with Gasteiger partial charge in [-0.05, 0) is 42.5 Å². The summed E-state index contributed by atoms with van der Waals surface area (Å²) in [5, 5.41) is 3.06. The summed E-state index contributed by atoms with van der Waals surface area (Å²) in [6.45, 7) is 5.32. The Morgan fingerprint density at radius 1 is 1.17 bits per heavy atom. The number of fused-ring (bicyclic) bond motifs is 1. The Bertz CT molecular complexity index is 603. The topological polar surface area (TPSA) is 49.4 Å². The molecule has 4 heteroatoms. The van der Waals surface area contributed by atoms with Gasteiger partial charge in [-0.2, -0.15) is 0 Å². The largest absolute Gasteiger partial charge is 0.338 e. The van der Waals surface area contributed by atoms with Crippen molar-refractivity contribution in [1.82, 2.24) is 4.90 Å².